The molecule has 164 valence electrons. The molecule has 1 fully saturated rings. The quantitative estimate of drug-likeness (QED) is 0.336. The number of carbonyl (C=O) groups is 1. The van der Waals surface area contributed by atoms with E-state index in [4.69, 9.17) is 15.2 Å². The lowest BCUT2D eigenvalue weighted by molar-refractivity contribution is -0.0565. The summed E-state index contributed by atoms with van der Waals surface area (Å²) in [6.45, 7) is -0.416. The fraction of sp³-hybridized carbons (Fsp3) is 0.294. The lowest BCUT2D eigenvalue weighted by atomic mass is 10.1. The molecular weight excluding hydrogens is 437 g/mol. The highest BCUT2D eigenvalue weighted by atomic mass is 32.3. The van der Waals surface area contributed by atoms with Gasteiger partial charge in [-0.2, -0.15) is 8.42 Å². The summed E-state index contributed by atoms with van der Waals surface area (Å²) >= 11 is 0. The van der Waals surface area contributed by atoms with E-state index in [1.165, 1.54) is 17.2 Å². The number of halogens is 1. The largest absolute Gasteiger partial charge is 0.459 e. The van der Waals surface area contributed by atoms with Crippen LogP contribution in [0.25, 0.3) is 11.2 Å². The van der Waals surface area contributed by atoms with Gasteiger partial charge in [-0.3, -0.25) is 4.57 Å². The molecule has 0 amide bonds. The van der Waals surface area contributed by atoms with Crippen molar-refractivity contribution in [3.63, 3.8) is 0 Å². The molecule has 4 N–H and O–H groups in total. The predicted octanol–water partition coefficient (Wildman–Crippen LogP) is -0.457. The van der Waals surface area contributed by atoms with Crippen molar-refractivity contribution in [3.8, 4) is 0 Å². The molecule has 0 saturated carbocycles. The molecule has 1 aliphatic heterocycles. The average molecular weight is 453 g/mol. The molecule has 1 aromatic carbocycles. The highest BCUT2D eigenvalue weighted by Gasteiger charge is 2.45. The van der Waals surface area contributed by atoms with Crippen LogP contribution in [-0.2, 0) is 19.7 Å². The number of rotatable bonds is 5. The standard InChI is InChI=1S/C17H16FN5O7S/c18-31(27,28)9-3-1-8(2-4-9)17(26)29-5-10-12(24)13(25)16(30-10)23-7-22-11-14(19)20-6-21-15(11)23/h1-4,6-7,10,12-13,16,24-25H,5H2,(H2,19,20,21)/t10?,12-,13-,16?/m1/s1. The van der Waals surface area contributed by atoms with Gasteiger partial charge in [-0.15, -0.1) is 3.89 Å². The molecule has 2 aromatic heterocycles. The van der Waals surface area contributed by atoms with E-state index < -0.39 is 52.2 Å². The molecule has 3 heterocycles. The van der Waals surface area contributed by atoms with Crippen molar-refractivity contribution in [2.24, 2.45) is 0 Å². The van der Waals surface area contributed by atoms with Crippen LogP contribution in [0.2, 0.25) is 0 Å². The summed E-state index contributed by atoms with van der Waals surface area (Å²) in [4.78, 5) is 23.5. The monoisotopic (exact) mass is 453 g/mol. The zero-order chi connectivity index (χ0) is 22.3. The Hall–Kier alpha value is -3.20. The second-order valence-corrected chi connectivity index (χ2v) is 8.04. The summed E-state index contributed by atoms with van der Waals surface area (Å²) in [6.07, 6.45) is -2.39. The van der Waals surface area contributed by atoms with Crippen LogP contribution in [0, 0.1) is 0 Å². The van der Waals surface area contributed by atoms with Gasteiger partial charge in [-0.05, 0) is 24.3 Å². The zero-order valence-corrected chi connectivity index (χ0v) is 16.4. The molecule has 0 aliphatic carbocycles. The minimum atomic E-state index is -4.89. The van der Waals surface area contributed by atoms with Crippen molar-refractivity contribution in [1.82, 2.24) is 19.5 Å². The van der Waals surface area contributed by atoms with Crippen LogP contribution < -0.4 is 5.73 Å². The molecule has 3 aromatic rings. The van der Waals surface area contributed by atoms with Gasteiger partial charge in [0.1, 0.15) is 36.8 Å². The van der Waals surface area contributed by atoms with Gasteiger partial charge in [0.15, 0.2) is 17.7 Å². The fourth-order valence-electron chi connectivity index (χ4n) is 3.15. The third kappa shape index (κ3) is 3.93. The first kappa shape index (κ1) is 21.0. The van der Waals surface area contributed by atoms with Gasteiger partial charge in [-0.25, -0.2) is 19.7 Å². The summed E-state index contributed by atoms with van der Waals surface area (Å²) < 4.78 is 46.7. The van der Waals surface area contributed by atoms with Gasteiger partial charge in [0.2, 0.25) is 0 Å². The first-order valence-corrected chi connectivity index (χ1v) is 10.2. The van der Waals surface area contributed by atoms with E-state index in [1.807, 2.05) is 0 Å². The number of aliphatic hydroxyl groups excluding tert-OH is 2. The lowest BCUT2D eigenvalue weighted by Gasteiger charge is -2.16. The number of carbonyl (C=O) groups excluding carboxylic acids is 1. The molecule has 0 bridgehead atoms. The predicted molar refractivity (Wildman–Crippen MR) is 101 cm³/mol. The van der Waals surface area contributed by atoms with Crippen LogP contribution in [-0.4, -0.2) is 69.0 Å². The molecule has 4 rings (SSSR count). The number of imidazole rings is 1. The maximum absolute atomic E-state index is 12.9. The number of ether oxygens (including phenoxy) is 2. The van der Waals surface area contributed by atoms with Crippen LogP contribution in [0.4, 0.5) is 9.70 Å². The third-order valence-electron chi connectivity index (χ3n) is 4.75. The number of nitrogen functional groups attached to an aromatic ring is 1. The van der Waals surface area contributed by atoms with Gasteiger partial charge >= 0.3 is 16.2 Å². The van der Waals surface area contributed by atoms with Crippen molar-refractivity contribution in [1.29, 1.82) is 0 Å². The molecule has 12 nitrogen and oxygen atoms in total. The molecule has 0 radical (unpaired) electrons. The summed E-state index contributed by atoms with van der Waals surface area (Å²) in [6, 6.07) is 4.01. The van der Waals surface area contributed by atoms with Crippen LogP contribution in [0.5, 0.6) is 0 Å². The molecule has 31 heavy (non-hydrogen) atoms. The molecule has 1 saturated heterocycles. The number of nitrogens with zero attached hydrogens (tertiary/aromatic N) is 4. The first-order chi connectivity index (χ1) is 14.7. The Morgan fingerprint density at radius 1 is 1.19 bits per heavy atom. The minimum Gasteiger partial charge on any atom is -0.459 e. The Bertz CT molecular complexity index is 1230. The topological polar surface area (TPSA) is 180 Å². The Kier molecular flexibility index (Phi) is 5.30. The number of nitrogens with two attached hydrogens (primary N) is 1. The third-order valence-corrected chi connectivity index (χ3v) is 5.58. The zero-order valence-electron chi connectivity index (χ0n) is 15.6. The second kappa shape index (κ2) is 7.81. The highest BCUT2D eigenvalue weighted by molar-refractivity contribution is 7.86. The normalized spacial score (nSPS) is 23.8. The molecule has 2 unspecified atom stereocenters. The summed E-state index contributed by atoms with van der Waals surface area (Å²) in [7, 11) is -4.89. The first-order valence-electron chi connectivity index (χ1n) is 8.83. The smallest absolute Gasteiger partial charge is 0.338 e. The number of aromatic nitrogens is 4. The highest BCUT2D eigenvalue weighted by Crippen LogP contribution is 2.32. The fourth-order valence-corrected chi connectivity index (χ4v) is 3.61. The van der Waals surface area contributed by atoms with E-state index in [9.17, 15) is 27.3 Å². The van der Waals surface area contributed by atoms with E-state index in [0.717, 1.165) is 24.3 Å². The summed E-state index contributed by atoms with van der Waals surface area (Å²) in [5.41, 5.74) is 6.27. The van der Waals surface area contributed by atoms with Crippen LogP contribution in [0.3, 0.4) is 0 Å². The van der Waals surface area contributed by atoms with Gasteiger partial charge in [-0.1, -0.05) is 0 Å². The Morgan fingerprint density at radius 3 is 2.58 bits per heavy atom. The van der Waals surface area contributed by atoms with E-state index in [1.54, 1.807) is 0 Å². The van der Waals surface area contributed by atoms with Crippen molar-refractivity contribution >= 4 is 33.2 Å². The molecule has 4 atom stereocenters. The number of hydrogen-bond donors (Lipinski definition) is 3. The lowest BCUT2D eigenvalue weighted by Crippen LogP contribution is -2.34. The van der Waals surface area contributed by atoms with E-state index in [2.05, 4.69) is 15.0 Å². The van der Waals surface area contributed by atoms with E-state index in [0.29, 0.717) is 5.52 Å². The SMILES string of the molecule is Nc1ncnc2c1ncn2C1OC(COC(=O)c2ccc(S(=O)(=O)F)cc2)[C@@H](O)[C@H]1O. The molecular formula is C17H16FN5O7S. The maximum atomic E-state index is 12.9. The molecule has 1 aliphatic rings. The molecule has 14 heteroatoms. The number of esters is 1. The number of hydrogen-bond acceptors (Lipinski definition) is 11. The molecule has 0 spiro atoms. The Morgan fingerprint density at radius 2 is 1.90 bits per heavy atom. The summed E-state index contributed by atoms with van der Waals surface area (Å²) in [5.74, 6) is -0.723. The van der Waals surface area contributed by atoms with Gasteiger partial charge in [0, 0.05) is 0 Å². The van der Waals surface area contributed by atoms with Crippen LogP contribution >= 0.6 is 0 Å². The van der Waals surface area contributed by atoms with Gasteiger partial charge in [0.25, 0.3) is 0 Å². The van der Waals surface area contributed by atoms with E-state index in [-0.39, 0.29) is 17.0 Å². The van der Waals surface area contributed by atoms with Crippen molar-refractivity contribution in [2.75, 3.05) is 12.3 Å². The minimum absolute atomic E-state index is 0.0373. The van der Waals surface area contributed by atoms with Gasteiger partial charge in [0.05, 0.1) is 16.8 Å². The number of benzene rings is 1. The maximum Gasteiger partial charge on any atom is 0.338 e. The van der Waals surface area contributed by atoms with Crippen LogP contribution in [0.15, 0.2) is 41.8 Å². The Labute approximate surface area is 174 Å². The van der Waals surface area contributed by atoms with Crippen molar-refractivity contribution in [2.45, 2.75) is 29.4 Å². The second-order valence-electron chi connectivity index (χ2n) is 6.69. The van der Waals surface area contributed by atoms with Gasteiger partial charge < -0.3 is 25.4 Å². The van der Waals surface area contributed by atoms with Crippen molar-refractivity contribution < 1.29 is 36.8 Å². The van der Waals surface area contributed by atoms with E-state index >= 15 is 0 Å². The average Bonchev–Trinajstić information content (AvgIpc) is 3.28. The summed E-state index contributed by atoms with van der Waals surface area (Å²) in [5, 5.41) is 20.7. The number of fused-ring (bicyclic) bond motifs is 1. The van der Waals surface area contributed by atoms with Crippen molar-refractivity contribution in [3.05, 3.63) is 42.5 Å². The number of aliphatic hydroxyl groups is 2. The Balaban J connectivity index is 1.45. The van der Waals surface area contributed by atoms with Crippen LogP contribution in [0.1, 0.15) is 16.6 Å². The number of anilines is 1.